The minimum absolute atomic E-state index is 0.176. The van der Waals surface area contributed by atoms with Gasteiger partial charge in [-0.1, -0.05) is 30.3 Å². The molecule has 0 aliphatic heterocycles. The summed E-state index contributed by atoms with van der Waals surface area (Å²) in [5.41, 5.74) is 1.98. The van der Waals surface area contributed by atoms with Gasteiger partial charge in [0.05, 0.1) is 0 Å². The Balaban J connectivity index is 2.36. The maximum absolute atomic E-state index is 10.7. The van der Waals surface area contributed by atoms with Gasteiger partial charge in [0.2, 0.25) is 11.1 Å². The highest BCUT2D eigenvalue weighted by Gasteiger charge is 2.01. The van der Waals surface area contributed by atoms with Crippen molar-refractivity contribution >= 4 is 11.1 Å². The third-order valence-corrected chi connectivity index (χ3v) is 2.62. The van der Waals surface area contributed by atoms with E-state index in [4.69, 9.17) is 4.55 Å². The zero-order valence-electron chi connectivity index (χ0n) is 7.83. The molecule has 1 heterocycles. The smallest absolute Gasteiger partial charge is 0.205 e. The predicted molar refractivity (Wildman–Crippen MR) is 58.7 cm³/mol. The van der Waals surface area contributed by atoms with Gasteiger partial charge in [-0.05, 0) is 17.7 Å². The second-order valence-electron chi connectivity index (χ2n) is 3.00. The number of hydrogen-bond acceptors (Lipinski definition) is 2. The molecule has 1 N–H and O–H groups in total. The first-order valence-electron chi connectivity index (χ1n) is 4.40. The molecule has 1 unspecified atom stereocenters. The molecule has 76 valence electrons. The predicted octanol–water partition coefficient (Wildman–Crippen LogP) is 2.33. The Hall–Kier alpha value is -1.52. The number of benzene rings is 1. The molecule has 2 aromatic rings. The number of rotatable bonds is 2. The second-order valence-corrected chi connectivity index (χ2v) is 3.92. The molecule has 0 saturated heterocycles. The van der Waals surface area contributed by atoms with Crippen LogP contribution in [0.1, 0.15) is 0 Å². The molecule has 15 heavy (non-hydrogen) atoms. The van der Waals surface area contributed by atoms with Crippen LogP contribution in [0.5, 0.6) is 0 Å². The molecule has 0 radical (unpaired) electrons. The van der Waals surface area contributed by atoms with Crippen molar-refractivity contribution in [3.8, 4) is 11.1 Å². The van der Waals surface area contributed by atoms with Crippen LogP contribution in [0.15, 0.2) is 53.7 Å². The van der Waals surface area contributed by atoms with Gasteiger partial charge in [-0.25, -0.2) is 9.19 Å². The summed E-state index contributed by atoms with van der Waals surface area (Å²) < 4.78 is 19.5. The Morgan fingerprint density at radius 3 is 2.27 bits per heavy atom. The average molecular weight is 219 g/mol. The normalized spacial score (nSPS) is 12.3. The molecule has 1 aromatic heterocycles. The first-order chi connectivity index (χ1) is 7.27. The van der Waals surface area contributed by atoms with Crippen LogP contribution >= 0.6 is 0 Å². The maximum Gasteiger partial charge on any atom is 0.205 e. The molecule has 2 rings (SSSR count). The largest absolute Gasteiger partial charge is 0.301 e. The second kappa shape index (κ2) is 4.33. The van der Waals surface area contributed by atoms with E-state index in [0.717, 1.165) is 11.1 Å². The fourth-order valence-electron chi connectivity index (χ4n) is 1.28. The van der Waals surface area contributed by atoms with Crippen LogP contribution in [0.4, 0.5) is 0 Å². The third kappa shape index (κ3) is 2.29. The lowest BCUT2D eigenvalue weighted by atomic mass is 10.1. The van der Waals surface area contributed by atoms with Gasteiger partial charge in [0.15, 0.2) is 5.03 Å². The summed E-state index contributed by atoms with van der Waals surface area (Å²) in [5, 5.41) is 0.176. The van der Waals surface area contributed by atoms with Crippen LogP contribution < -0.4 is 0 Å². The van der Waals surface area contributed by atoms with E-state index in [9.17, 15) is 4.21 Å². The van der Waals surface area contributed by atoms with Crippen LogP contribution in [0.25, 0.3) is 11.1 Å². The van der Waals surface area contributed by atoms with Gasteiger partial charge in [-0.15, -0.1) is 0 Å². The quantitative estimate of drug-likeness (QED) is 0.789. The van der Waals surface area contributed by atoms with Crippen molar-refractivity contribution in [2.24, 2.45) is 0 Å². The van der Waals surface area contributed by atoms with E-state index < -0.39 is 11.1 Å². The summed E-state index contributed by atoms with van der Waals surface area (Å²) in [6.45, 7) is 0. The van der Waals surface area contributed by atoms with E-state index in [1.165, 1.54) is 0 Å². The van der Waals surface area contributed by atoms with Gasteiger partial charge in [-0.2, -0.15) is 0 Å². The lowest BCUT2D eigenvalue weighted by Gasteiger charge is -2.00. The van der Waals surface area contributed by atoms with Gasteiger partial charge < -0.3 is 4.55 Å². The Labute approximate surface area is 90.1 Å². The van der Waals surface area contributed by atoms with Gasteiger partial charge in [0.25, 0.3) is 0 Å². The van der Waals surface area contributed by atoms with Crippen molar-refractivity contribution in [2.75, 3.05) is 0 Å². The summed E-state index contributed by atoms with van der Waals surface area (Å²) in [6, 6.07) is 13.1. The zero-order valence-corrected chi connectivity index (χ0v) is 8.65. The standard InChI is InChI=1S/C11H9NO2S/c13-15(14)11-7-6-10(8-12-11)9-4-2-1-3-5-9/h1-8H,(H,13,14). The highest BCUT2D eigenvalue weighted by Crippen LogP contribution is 2.18. The van der Waals surface area contributed by atoms with Crippen LogP contribution in [-0.4, -0.2) is 13.7 Å². The van der Waals surface area contributed by atoms with Crippen LogP contribution in [-0.2, 0) is 11.1 Å². The van der Waals surface area contributed by atoms with Crippen molar-refractivity contribution in [3.05, 3.63) is 48.7 Å². The summed E-state index contributed by atoms with van der Waals surface area (Å²) in [7, 11) is 0. The molecule has 0 aliphatic rings. The van der Waals surface area contributed by atoms with Crippen LogP contribution in [0.2, 0.25) is 0 Å². The van der Waals surface area contributed by atoms with Crippen molar-refractivity contribution < 1.29 is 8.76 Å². The molecule has 4 heteroatoms. The number of hydrogen-bond donors (Lipinski definition) is 1. The molecule has 1 aromatic carbocycles. The number of pyridine rings is 1. The van der Waals surface area contributed by atoms with Crippen molar-refractivity contribution in [1.29, 1.82) is 0 Å². The van der Waals surface area contributed by atoms with E-state index in [-0.39, 0.29) is 5.03 Å². The molecular weight excluding hydrogens is 210 g/mol. The van der Waals surface area contributed by atoms with E-state index in [0.29, 0.717) is 0 Å². The fourth-order valence-corrected chi connectivity index (χ4v) is 1.61. The van der Waals surface area contributed by atoms with Gasteiger partial charge in [0, 0.05) is 11.8 Å². The summed E-state index contributed by atoms with van der Waals surface area (Å²) >= 11 is -2.00. The van der Waals surface area contributed by atoms with Gasteiger partial charge >= 0.3 is 0 Å². The van der Waals surface area contributed by atoms with E-state index in [1.807, 2.05) is 30.3 Å². The molecule has 0 bridgehead atoms. The van der Waals surface area contributed by atoms with Crippen LogP contribution in [0, 0.1) is 0 Å². The highest BCUT2D eigenvalue weighted by molar-refractivity contribution is 7.79. The molecule has 0 saturated carbocycles. The van der Waals surface area contributed by atoms with E-state index in [2.05, 4.69) is 4.98 Å². The molecular formula is C11H9NO2S. The molecule has 0 amide bonds. The highest BCUT2D eigenvalue weighted by atomic mass is 32.2. The molecule has 0 spiro atoms. The maximum atomic E-state index is 10.7. The zero-order chi connectivity index (χ0) is 10.7. The lowest BCUT2D eigenvalue weighted by Crippen LogP contribution is -1.92. The first kappa shape index (κ1) is 10.0. The SMILES string of the molecule is O=S(O)c1ccc(-c2ccccc2)cn1. The van der Waals surface area contributed by atoms with E-state index >= 15 is 0 Å². The Morgan fingerprint density at radius 1 is 1.00 bits per heavy atom. The Kier molecular flexibility index (Phi) is 2.89. The van der Waals surface area contributed by atoms with Crippen LogP contribution in [0.3, 0.4) is 0 Å². The molecule has 1 atom stereocenters. The monoisotopic (exact) mass is 219 g/mol. The first-order valence-corrected chi connectivity index (χ1v) is 5.50. The molecule has 0 aliphatic carbocycles. The van der Waals surface area contributed by atoms with Crippen molar-refractivity contribution in [1.82, 2.24) is 4.98 Å². The fraction of sp³-hybridized carbons (Fsp3) is 0. The minimum atomic E-state index is -2.00. The van der Waals surface area contributed by atoms with Gasteiger partial charge in [0.1, 0.15) is 0 Å². The summed E-state index contributed by atoms with van der Waals surface area (Å²) in [6.07, 6.45) is 1.60. The van der Waals surface area contributed by atoms with E-state index in [1.54, 1.807) is 18.3 Å². The number of aromatic nitrogens is 1. The third-order valence-electron chi connectivity index (χ3n) is 2.02. The Morgan fingerprint density at radius 2 is 1.73 bits per heavy atom. The Bertz CT molecular complexity index is 468. The van der Waals surface area contributed by atoms with Crippen molar-refractivity contribution in [3.63, 3.8) is 0 Å². The number of nitrogens with zero attached hydrogens (tertiary/aromatic N) is 1. The summed E-state index contributed by atoms with van der Waals surface area (Å²) in [5.74, 6) is 0. The van der Waals surface area contributed by atoms with Gasteiger partial charge in [-0.3, -0.25) is 0 Å². The molecule has 0 fully saturated rings. The lowest BCUT2D eigenvalue weighted by molar-refractivity contribution is 0.560. The topological polar surface area (TPSA) is 50.2 Å². The average Bonchev–Trinajstić information content (AvgIpc) is 2.30. The molecule has 3 nitrogen and oxygen atoms in total. The van der Waals surface area contributed by atoms with Crippen molar-refractivity contribution in [2.45, 2.75) is 5.03 Å². The summed E-state index contributed by atoms with van der Waals surface area (Å²) in [4.78, 5) is 3.90. The minimum Gasteiger partial charge on any atom is -0.301 e.